The molecule has 1 heterocycles. The van der Waals surface area contributed by atoms with Crippen molar-refractivity contribution in [2.24, 2.45) is 0 Å². The van der Waals surface area contributed by atoms with Crippen LogP contribution in [-0.4, -0.2) is 21.2 Å². The van der Waals surface area contributed by atoms with Gasteiger partial charge in [-0.05, 0) is 31.4 Å². The van der Waals surface area contributed by atoms with Crippen LogP contribution in [0.15, 0.2) is 53.4 Å². The van der Waals surface area contributed by atoms with E-state index in [0.717, 1.165) is 11.3 Å². The third-order valence-electron chi connectivity index (χ3n) is 3.33. The van der Waals surface area contributed by atoms with Gasteiger partial charge in [0, 0.05) is 10.5 Å². The van der Waals surface area contributed by atoms with Gasteiger partial charge in [-0.25, -0.2) is 0 Å². The van der Waals surface area contributed by atoms with Crippen molar-refractivity contribution in [3.05, 3.63) is 54.1 Å². The molecule has 0 aliphatic carbocycles. The second-order valence-corrected chi connectivity index (χ2v) is 5.68. The Morgan fingerprint density at radius 1 is 1.10 bits per heavy atom. The number of benzene rings is 2. The number of nitrogens with two attached hydrogens (primary N) is 1. The molecule has 21 heavy (non-hydrogen) atoms. The maximum atomic E-state index is 6.23. The number of thioether (sulfide) groups is 1. The summed E-state index contributed by atoms with van der Waals surface area (Å²) >= 11 is 1.69. The van der Waals surface area contributed by atoms with Gasteiger partial charge in [0.15, 0.2) is 5.82 Å². The van der Waals surface area contributed by atoms with Crippen molar-refractivity contribution < 1.29 is 0 Å². The molecule has 106 valence electrons. The lowest BCUT2D eigenvalue weighted by molar-refractivity contribution is 0.808. The zero-order chi connectivity index (χ0) is 14.8. The third kappa shape index (κ3) is 2.64. The summed E-state index contributed by atoms with van der Waals surface area (Å²) in [6, 6.07) is 16.2. The van der Waals surface area contributed by atoms with Crippen molar-refractivity contribution in [2.75, 3.05) is 12.0 Å². The molecule has 0 saturated heterocycles. The van der Waals surface area contributed by atoms with Crippen molar-refractivity contribution in [1.82, 2.24) is 15.0 Å². The molecular formula is C16H16N4S. The first kappa shape index (κ1) is 13.7. The van der Waals surface area contributed by atoms with Gasteiger partial charge >= 0.3 is 0 Å². The molecule has 0 unspecified atom stereocenters. The quantitative estimate of drug-likeness (QED) is 0.751. The summed E-state index contributed by atoms with van der Waals surface area (Å²) in [5, 5.41) is 8.42. The van der Waals surface area contributed by atoms with Gasteiger partial charge in [-0.2, -0.15) is 4.68 Å². The van der Waals surface area contributed by atoms with Crippen molar-refractivity contribution in [3.63, 3.8) is 0 Å². The average Bonchev–Trinajstić information content (AvgIpc) is 2.90. The zero-order valence-electron chi connectivity index (χ0n) is 11.9. The monoisotopic (exact) mass is 296 g/mol. The summed E-state index contributed by atoms with van der Waals surface area (Å²) < 4.78 is 1.68. The first-order chi connectivity index (χ1) is 10.2. The van der Waals surface area contributed by atoms with E-state index in [-0.39, 0.29) is 0 Å². The van der Waals surface area contributed by atoms with Crippen LogP contribution in [0.1, 0.15) is 5.56 Å². The fourth-order valence-electron chi connectivity index (χ4n) is 2.14. The Hall–Kier alpha value is -2.27. The van der Waals surface area contributed by atoms with Gasteiger partial charge in [-0.15, -0.1) is 16.9 Å². The van der Waals surface area contributed by atoms with Gasteiger partial charge in [0.1, 0.15) is 5.69 Å². The third-order valence-corrected chi connectivity index (χ3v) is 4.05. The number of hydrogen-bond donors (Lipinski definition) is 1. The molecule has 0 radical (unpaired) electrons. The van der Waals surface area contributed by atoms with Gasteiger partial charge in [-0.1, -0.05) is 41.1 Å². The minimum absolute atomic E-state index is 0.553. The fraction of sp³-hybridized carbons (Fsp3) is 0.125. The van der Waals surface area contributed by atoms with Crippen LogP contribution in [0.3, 0.4) is 0 Å². The van der Waals surface area contributed by atoms with Gasteiger partial charge < -0.3 is 5.73 Å². The standard InChI is InChI=1S/C16H16N4S/c1-11-6-8-12(9-7-11)15-16(17)20(19-18-15)13-4-3-5-14(10-13)21-2/h3-10H,17H2,1-2H3. The van der Waals surface area contributed by atoms with E-state index in [4.69, 9.17) is 5.73 Å². The summed E-state index contributed by atoms with van der Waals surface area (Å²) in [4.78, 5) is 1.17. The summed E-state index contributed by atoms with van der Waals surface area (Å²) in [6.07, 6.45) is 2.04. The van der Waals surface area contributed by atoms with Crippen LogP contribution >= 0.6 is 11.8 Å². The molecule has 4 nitrogen and oxygen atoms in total. The van der Waals surface area contributed by atoms with Crippen LogP contribution in [0, 0.1) is 6.92 Å². The van der Waals surface area contributed by atoms with Crippen LogP contribution in [0.25, 0.3) is 16.9 Å². The fourth-order valence-corrected chi connectivity index (χ4v) is 2.59. The topological polar surface area (TPSA) is 56.7 Å². The Balaban J connectivity index is 2.04. The maximum Gasteiger partial charge on any atom is 0.155 e. The minimum atomic E-state index is 0.553. The SMILES string of the molecule is CSc1cccc(-n2nnc(-c3ccc(C)cc3)c2N)c1. The summed E-state index contributed by atoms with van der Waals surface area (Å²) in [7, 11) is 0. The van der Waals surface area contributed by atoms with Gasteiger partial charge in [0.25, 0.3) is 0 Å². The molecule has 2 N–H and O–H groups in total. The van der Waals surface area contributed by atoms with Gasteiger partial charge in [-0.3, -0.25) is 0 Å². The van der Waals surface area contributed by atoms with Crippen molar-refractivity contribution in [3.8, 4) is 16.9 Å². The summed E-state index contributed by atoms with van der Waals surface area (Å²) in [6.45, 7) is 2.05. The number of aromatic nitrogens is 3. The highest BCUT2D eigenvalue weighted by atomic mass is 32.2. The Labute approximate surface area is 128 Å². The van der Waals surface area contributed by atoms with E-state index < -0.39 is 0 Å². The van der Waals surface area contributed by atoms with Crippen LogP contribution < -0.4 is 5.73 Å². The van der Waals surface area contributed by atoms with E-state index in [2.05, 4.69) is 29.4 Å². The predicted molar refractivity (Wildman–Crippen MR) is 87.7 cm³/mol. The molecule has 0 saturated carbocycles. The number of aryl methyl sites for hydroxylation is 1. The molecule has 0 bridgehead atoms. The highest BCUT2D eigenvalue weighted by Gasteiger charge is 2.13. The highest BCUT2D eigenvalue weighted by Crippen LogP contribution is 2.26. The maximum absolute atomic E-state index is 6.23. The molecule has 0 aliphatic heterocycles. The van der Waals surface area contributed by atoms with E-state index in [9.17, 15) is 0 Å². The lowest BCUT2D eigenvalue weighted by Gasteiger charge is -2.05. The molecule has 0 aliphatic rings. The highest BCUT2D eigenvalue weighted by molar-refractivity contribution is 7.98. The summed E-state index contributed by atoms with van der Waals surface area (Å²) in [5.74, 6) is 0.553. The molecule has 2 aromatic carbocycles. The molecule has 0 atom stereocenters. The Bertz CT molecular complexity index is 762. The average molecular weight is 296 g/mol. The normalized spacial score (nSPS) is 10.8. The molecule has 3 aromatic rings. The smallest absolute Gasteiger partial charge is 0.155 e. The predicted octanol–water partition coefficient (Wildman–Crippen LogP) is 3.55. The number of anilines is 1. The second-order valence-electron chi connectivity index (χ2n) is 4.80. The molecular weight excluding hydrogens is 280 g/mol. The lowest BCUT2D eigenvalue weighted by Crippen LogP contribution is -2.02. The van der Waals surface area contributed by atoms with Crippen LogP contribution in [0.5, 0.6) is 0 Å². The first-order valence-electron chi connectivity index (χ1n) is 6.61. The zero-order valence-corrected chi connectivity index (χ0v) is 12.8. The number of nitrogen functional groups attached to an aromatic ring is 1. The van der Waals surface area contributed by atoms with Crippen LogP contribution in [-0.2, 0) is 0 Å². The number of nitrogens with zero attached hydrogens (tertiary/aromatic N) is 3. The molecule has 0 fully saturated rings. The Kier molecular flexibility index (Phi) is 3.66. The van der Waals surface area contributed by atoms with Gasteiger partial charge in [0.05, 0.1) is 5.69 Å². The number of hydrogen-bond acceptors (Lipinski definition) is 4. The molecule has 0 spiro atoms. The largest absolute Gasteiger partial charge is 0.382 e. The molecule has 5 heteroatoms. The van der Waals surface area contributed by atoms with Crippen LogP contribution in [0.4, 0.5) is 5.82 Å². The molecule has 1 aromatic heterocycles. The van der Waals surface area contributed by atoms with Gasteiger partial charge in [0.2, 0.25) is 0 Å². The van der Waals surface area contributed by atoms with E-state index in [0.29, 0.717) is 11.5 Å². The van der Waals surface area contributed by atoms with E-state index in [1.807, 2.05) is 42.7 Å². The Morgan fingerprint density at radius 3 is 2.57 bits per heavy atom. The summed E-state index contributed by atoms with van der Waals surface area (Å²) in [5.41, 5.74) is 10.0. The van der Waals surface area contributed by atoms with Crippen LogP contribution in [0.2, 0.25) is 0 Å². The number of rotatable bonds is 3. The van der Waals surface area contributed by atoms with Crippen molar-refractivity contribution in [2.45, 2.75) is 11.8 Å². The Morgan fingerprint density at radius 2 is 1.86 bits per heavy atom. The van der Waals surface area contributed by atoms with Crippen molar-refractivity contribution >= 4 is 17.6 Å². The van der Waals surface area contributed by atoms with Crippen molar-refractivity contribution in [1.29, 1.82) is 0 Å². The second kappa shape index (κ2) is 5.61. The van der Waals surface area contributed by atoms with E-state index >= 15 is 0 Å². The van der Waals surface area contributed by atoms with E-state index in [1.54, 1.807) is 16.4 Å². The van der Waals surface area contributed by atoms with E-state index in [1.165, 1.54) is 10.5 Å². The minimum Gasteiger partial charge on any atom is -0.382 e. The molecule has 0 amide bonds. The first-order valence-corrected chi connectivity index (χ1v) is 7.84. The lowest BCUT2D eigenvalue weighted by atomic mass is 10.1. The molecule has 3 rings (SSSR count).